The summed E-state index contributed by atoms with van der Waals surface area (Å²) < 4.78 is 10.3. The van der Waals surface area contributed by atoms with Gasteiger partial charge in [0.05, 0.1) is 11.5 Å². The van der Waals surface area contributed by atoms with Gasteiger partial charge in [-0.3, -0.25) is 14.4 Å². The molecule has 0 aliphatic rings. The van der Waals surface area contributed by atoms with Gasteiger partial charge in [-0.25, -0.2) is 4.79 Å². The number of amides is 1. The van der Waals surface area contributed by atoms with Crippen LogP contribution in [0.2, 0.25) is 0 Å². The molecule has 0 aliphatic carbocycles. The molecule has 43 heavy (non-hydrogen) atoms. The van der Waals surface area contributed by atoms with Crippen molar-refractivity contribution in [3.05, 3.63) is 144 Å². The molecule has 1 amide bonds. The second kappa shape index (κ2) is 18.7. The number of ether oxygens (including phenoxy) is 2. The van der Waals surface area contributed by atoms with Crippen molar-refractivity contribution in [2.24, 2.45) is 5.92 Å². The number of hydrogen-bond donors (Lipinski definition) is 1. The SMILES string of the molecule is CC(=O)SC[C@H](Cc1ccccc1)C(=O)NCC(=O)OCc1ccccc1.O=C(OCc1ccccc1)c1ccccc1. The quantitative estimate of drug-likeness (QED) is 0.199. The molecule has 0 unspecified atom stereocenters. The van der Waals surface area contributed by atoms with Crippen molar-refractivity contribution in [1.29, 1.82) is 0 Å². The Morgan fingerprint density at radius 1 is 0.651 bits per heavy atom. The van der Waals surface area contributed by atoms with Gasteiger partial charge in [0, 0.05) is 12.7 Å². The van der Waals surface area contributed by atoms with Crippen LogP contribution in [-0.4, -0.2) is 35.3 Å². The first-order valence-electron chi connectivity index (χ1n) is 13.8. The molecule has 0 saturated carbocycles. The van der Waals surface area contributed by atoms with E-state index >= 15 is 0 Å². The highest BCUT2D eigenvalue weighted by Gasteiger charge is 2.21. The van der Waals surface area contributed by atoms with E-state index in [1.165, 1.54) is 6.92 Å². The number of carbonyl (C=O) groups is 4. The first-order valence-corrected chi connectivity index (χ1v) is 14.8. The van der Waals surface area contributed by atoms with Crippen LogP contribution in [-0.2, 0) is 43.5 Å². The summed E-state index contributed by atoms with van der Waals surface area (Å²) in [6, 6.07) is 37.6. The van der Waals surface area contributed by atoms with E-state index in [1.54, 1.807) is 12.1 Å². The fourth-order valence-electron chi connectivity index (χ4n) is 3.82. The van der Waals surface area contributed by atoms with Crippen LogP contribution in [0.3, 0.4) is 0 Å². The van der Waals surface area contributed by atoms with Gasteiger partial charge in [0.1, 0.15) is 19.8 Å². The fourth-order valence-corrected chi connectivity index (χ4v) is 4.52. The van der Waals surface area contributed by atoms with Crippen molar-refractivity contribution in [2.45, 2.75) is 26.6 Å². The maximum Gasteiger partial charge on any atom is 0.338 e. The zero-order valence-corrected chi connectivity index (χ0v) is 24.8. The van der Waals surface area contributed by atoms with Crippen LogP contribution in [0.4, 0.5) is 0 Å². The number of thioether (sulfide) groups is 1. The average Bonchev–Trinajstić information content (AvgIpc) is 3.05. The molecule has 1 atom stereocenters. The van der Waals surface area contributed by atoms with Gasteiger partial charge in [0.15, 0.2) is 5.12 Å². The molecule has 0 heterocycles. The smallest absolute Gasteiger partial charge is 0.338 e. The van der Waals surface area contributed by atoms with Crippen LogP contribution in [0.5, 0.6) is 0 Å². The summed E-state index contributed by atoms with van der Waals surface area (Å²) in [6.45, 7) is 1.77. The minimum atomic E-state index is -0.495. The van der Waals surface area contributed by atoms with E-state index in [0.717, 1.165) is 28.5 Å². The summed E-state index contributed by atoms with van der Waals surface area (Å²) in [4.78, 5) is 47.2. The molecule has 0 aromatic heterocycles. The molecular weight excluding hydrogens is 562 g/mol. The van der Waals surface area contributed by atoms with Gasteiger partial charge in [-0.15, -0.1) is 0 Å². The second-order valence-electron chi connectivity index (χ2n) is 9.48. The van der Waals surface area contributed by atoms with E-state index in [9.17, 15) is 19.2 Å². The highest BCUT2D eigenvalue weighted by Crippen LogP contribution is 2.16. The third-order valence-corrected chi connectivity index (χ3v) is 7.03. The molecule has 0 fully saturated rings. The minimum Gasteiger partial charge on any atom is -0.460 e. The molecule has 4 aromatic carbocycles. The summed E-state index contributed by atoms with van der Waals surface area (Å²) in [5, 5.41) is 2.59. The van der Waals surface area contributed by atoms with Crippen LogP contribution in [0, 0.1) is 5.92 Å². The number of esters is 2. The predicted molar refractivity (Wildman–Crippen MR) is 168 cm³/mol. The Morgan fingerprint density at radius 3 is 1.63 bits per heavy atom. The van der Waals surface area contributed by atoms with Crippen molar-refractivity contribution < 1.29 is 28.7 Å². The van der Waals surface area contributed by atoms with Crippen LogP contribution < -0.4 is 5.32 Å². The van der Waals surface area contributed by atoms with E-state index in [-0.39, 0.29) is 30.1 Å². The van der Waals surface area contributed by atoms with Crippen molar-refractivity contribution in [2.75, 3.05) is 12.3 Å². The van der Waals surface area contributed by atoms with Crippen LogP contribution in [0.25, 0.3) is 0 Å². The lowest BCUT2D eigenvalue weighted by Gasteiger charge is -2.16. The minimum absolute atomic E-state index is 0.0388. The van der Waals surface area contributed by atoms with Crippen molar-refractivity contribution in [3.8, 4) is 0 Å². The zero-order chi connectivity index (χ0) is 30.7. The normalized spacial score (nSPS) is 10.8. The van der Waals surface area contributed by atoms with E-state index < -0.39 is 11.9 Å². The topological polar surface area (TPSA) is 98.8 Å². The number of rotatable bonds is 12. The van der Waals surface area contributed by atoms with Gasteiger partial charge in [-0.1, -0.05) is 121 Å². The molecule has 4 rings (SSSR count). The molecule has 222 valence electrons. The van der Waals surface area contributed by atoms with Gasteiger partial charge in [0.2, 0.25) is 5.91 Å². The Bertz CT molecular complexity index is 1420. The Labute approximate surface area is 256 Å². The largest absolute Gasteiger partial charge is 0.460 e. The Balaban J connectivity index is 0.000000268. The van der Waals surface area contributed by atoms with E-state index in [0.29, 0.717) is 24.3 Å². The van der Waals surface area contributed by atoms with Crippen molar-refractivity contribution in [1.82, 2.24) is 5.32 Å². The Morgan fingerprint density at radius 2 is 1.12 bits per heavy atom. The van der Waals surface area contributed by atoms with Crippen LogP contribution in [0.15, 0.2) is 121 Å². The van der Waals surface area contributed by atoms with Gasteiger partial charge in [0.25, 0.3) is 0 Å². The summed E-state index contributed by atoms with van der Waals surface area (Å²) in [7, 11) is 0. The highest BCUT2D eigenvalue weighted by atomic mass is 32.2. The monoisotopic (exact) mass is 597 g/mol. The van der Waals surface area contributed by atoms with Gasteiger partial charge in [-0.05, 0) is 35.2 Å². The number of carbonyl (C=O) groups excluding carboxylic acids is 4. The third-order valence-electron chi connectivity index (χ3n) is 6.06. The van der Waals surface area contributed by atoms with Gasteiger partial charge in [-0.2, -0.15) is 0 Å². The first kappa shape index (κ1) is 32.8. The summed E-state index contributed by atoms with van der Waals surface area (Å²) in [5.74, 6) is -1.07. The summed E-state index contributed by atoms with van der Waals surface area (Å²) in [6.07, 6.45) is 0.506. The summed E-state index contributed by atoms with van der Waals surface area (Å²) >= 11 is 1.11. The molecular formula is C35H35NO6S. The third kappa shape index (κ3) is 13.2. The van der Waals surface area contributed by atoms with Crippen LogP contribution in [0.1, 0.15) is 34.0 Å². The average molecular weight is 598 g/mol. The maximum atomic E-state index is 12.5. The van der Waals surface area contributed by atoms with Crippen LogP contribution >= 0.6 is 11.8 Å². The number of nitrogens with one attached hydrogen (secondary N) is 1. The molecule has 0 spiro atoms. The summed E-state index contributed by atoms with van der Waals surface area (Å²) in [5.41, 5.74) is 3.47. The molecule has 7 nitrogen and oxygen atoms in total. The zero-order valence-electron chi connectivity index (χ0n) is 24.0. The number of benzene rings is 4. The van der Waals surface area contributed by atoms with E-state index in [2.05, 4.69) is 5.32 Å². The van der Waals surface area contributed by atoms with E-state index in [1.807, 2.05) is 109 Å². The molecule has 1 N–H and O–H groups in total. The molecule has 4 aromatic rings. The maximum absolute atomic E-state index is 12.5. The Hall–Kier alpha value is -4.69. The molecule has 0 aliphatic heterocycles. The lowest BCUT2D eigenvalue weighted by molar-refractivity contribution is -0.145. The highest BCUT2D eigenvalue weighted by molar-refractivity contribution is 8.13. The van der Waals surface area contributed by atoms with E-state index in [4.69, 9.17) is 9.47 Å². The molecule has 8 heteroatoms. The fraction of sp³-hybridized carbons (Fsp3) is 0.200. The second-order valence-corrected chi connectivity index (χ2v) is 10.7. The lowest BCUT2D eigenvalue weighted by atomic mass is 10.0. The van der Waals surface area contributed by atoms with Gasteiger partial charge < -0.3 is 14.8 Å². The van der Waals surface area contributed by atoms with Crippen molar-refractivity contribution >= 4 is 34.7 Å². The molecule has 0 bridgehead atoms. The Kier molecular flexibility index (Phi) is 14.3. The predicted octanol–water partition coefficient (Wildman–Crippen LogP) is 6.03. The number of hydrogen-bond acceptors (Lipinski definition) is 7. The molecule has 0 saturated heterocycles. The lowest BCUT2D eigenvalue weighted by Crippen LogP contribution is -2.37. The van der Waals surface area contributed by atoms with Crippen molar-refractivity contribution in [3.63, 3.8) is 0 Å². The standard InChI is InChI=1S/C21H23NO4S.C14H12O2/c1-16(23)27-15-19(12-17-8-4-2-5-9-17)21(25)22-13-20(24)26-14-18-10-6-3-7-11-18;15-14(13-9-5-2-6-10-13)16-11-12-7-3-1-4-8-12/h2-11,19H,12-15H2,1H3,(H,22,25);1-10H,11H2/t19-;/m0./s1. The van der Waals surface area contributed by atoms with Gasteiger partial charge >= 0.3 is 11.9 Å². The first-order chi connectivity index (χ1) is 20.9. The molecule has 0 radical (unpaired) electrons.